The van der Waals surface area contributed by atoms with Crippen molar-refractivity contribution >= 4 is 11.9 Å². The first-order valence-electron chi connectivity index (χ1n) is 4.39. The molecule has 2 heterocycles. The maximum absolute atomic E-state index is 11.3. The minimum Gasteiger partial charge on any atom is -0.345 e. The maximum atomic E-state index is 11.3. The molecule has 0 atom stereocenters. The van der Waals surface area contributed by atoms with Crippen LogP contribution in [0, 0.1) is 0 Å². The molecule has 14 heavy (non-hydrogen) atoms. The monoisotopic (exact) mass is 194 g/mol. The van der Waals surface area contributed by atoms with Gasteiger partial charge in [0.05, 0.1) is 13.1 Å². The molecule has 1 aliphatic heterocycles. The average molecular weight is 194 g/mol. The molecule has 1 aromatic heterocycles. The molecule has 0 radical (unpaired) electrons. The molecule has 1 aliphatic rings. The van der Waals surface area contributed by atoms with Crippen LogP contribution in [0.15, 0.2) is 6.20 Å². The van der Waals surface area contributed by atoms with Gasteiger partial charge in [0.2, 0.25) is 0 Å². The molecule has 1 amide bonds. The van der Waals surface area contributed by atoms with Crippen molar-refractivity contribution in [3.8, 4) is 0 Å². The highest BCUT2D eigenvalue weighted by molar-refractivity contribution is 5.97. The van der Waals surface area contributed by atoms with E-state index < -0.39 is 0 Å². The Labute approximate surface area is 80.9 Å². The fraction of sp³-hybridized carbons (Fsp3) is 0.375. The van der Waals surface area contributed by atoms with Crippen LogP contribution in [0.25, 0.3) is 0 Å². The summed E-state index contributed by atoms with van der Waals surface area (Å²) in [5.41, 5.74) is 12.6. The first kappa shape index (κ1) is 8.89. The molecule has 0 aliphatic carbocycles. The molecule has 0 bridgehead atoms. The molecule has 74 valence electrons. The van der Waals surface area contributed by atoms with Crippen LogP contribution in [0.5, 0.6) is 0 Å². The molecule has 6 heteroatoms. The van der Waals surface area contributed by atoms with Crippen molar-refractivity contribution in [2.24, 2.45) is 5.73 Å². The highest BCUT2D eigenvalue weighted by Crippen LogP contribution is 2.10. The van der Waals surface area contributed by atoms with Crippen molar-refractivity contribution < 1.29 is 9.36 Å². The van der Waals surface area contributed by atoms with Gasteiger partial charge in [0, 0.05) is 6.54 Å². The zero-order valence-corrected chi connectivity index (χ0v) is 7.66. The number of aromatic nitrogens is 2. The smallest absolute Gasteiger partial charge is 0.345 e. The van der Waals surface area contributed by atoms with Gasteiger partial charge in [-0.3, -0.25) is 10.5 Å². The molecular weight excluding hydrogens is 182 g/mol. The van der Waals surface area contributed by atoms with E-state index in [1.807, 2.05) is 0 Å². The summed E-state index contributed by atoms with van der Waals surface area (Å²) in [6.07, 6.45) is 1.50. The van der Waals surface area contributed by atoms with E-state index in [0.29, 0.717) is 31.1 Å². The predicted octanol–water partition coefficient (Wildman–Crippen LogP) is -1.85. The van der Waals surface area contributed by atoms with E-state index in [0.717, 1.165) is 5.69 Å². The van der Waals surface area contributed by atoms with Gasteiger partial charge in [-0.15, -0.1) is 0 Å². The van der Waals surface area contributed by atoms with Gasteiger partial charge in [0.15, 0.2) is 0 Å². The summed E-state index contributed by atoms with van der Waals surface area (Å²) >= 11 is 0. The van der Waals surface area contributed by atoms with E-state index in [4.69, 9.17) is 11.5 Å². The molecule has 0 spiro atoms. The van der Waals surface area contributed by atoms with Crippen LogP contribution >= 0.6 is 0 Å². The zero-order valence-electron chi connectivity index (χ0n) is 7.66. The molecule has 0 unspecified atom stereocenters. The second-order valence-corrected chi connectivity index (χ2v) is 3.10. The van der Waals surface area contributed by atoms with Gasteiger partial charge in [0.1, 0.15) is 17.5 Å². The minimum atomic E-state index is -0.0988. The number of amides is 1. The molecule has 5 N–H and O–H groups in total. The van der Waals surface area contributed by atoms with Crippen molar-refractivity contribution in [1.29, 1.82) is 0 Å². The molecule has 6 nitrogen and oxygen atoms in total. The van der Waals surface area contributed by atoms with E-state index in [1.54, 1.807) is 4.57 Å². The zero-order chi connectivity index (χ0) is 10.1. The van der Waals surface area contributed by atoms with E-state index in [9.17, 15) is 4.79 Å². The summed E-state index contributed by atoms with van der Waals surface area (Å²) in [6.45, 7) is 1.55. The Kier molecular flexibility index (Phi) is 2.05. The Morgan fingerprint density at radius 1 is 1.64 bits per heavy atom. The van der Waals surface area contributed by atoms with Crippen molar-refractivity contribution in [2.45, 2.75) is 13.1 Å². The Bertz CT molecular complexity index is 390. The maximum Gasteiger partial charge on any atom is 0.389 e. The highest BCUT2D eigenvalue weighted by atomic mass is 16.1. The van der Waals surface area contributed by atoms with E-state index in [1.165, 1.54) is 6.20 Å². The summed E-state index contributed by atoms with van der Waals surface area (Å²) in [6, 6.07) is 0. The quantitative estimate of drug-likeness (QED) is 0.481. The number of hydrogen-bond donors (Lipinski definition) is 3. The Morgan fingerprint density at radius 2 is 2.43 bits per heavy atom. The molecule has 2 rings (SSSR count). The van der Waals surface area contributed by atoms with Crippen molar-refractivity contribution in [3.63, 3.8) is 0 Å². The summed E-state index contributed by atoms with van der Waals surface area (Å²) in [5, 5.41) is 2.71. The number of hydrogen-bond acceptors (Lipinski definition) is 4. The van der Waals surface area contributed by atoms with Gasteiger partial charge in [-0.1, -0.05) is 4.98 Å². The van der Waals surface area contributed by atoms with Crippen LogP contribution in [-0.2, 0) is 13.1 Å². The number of fused-ring (bicyclic) bond motifs is 1. The lowest BCUT2D eigenvalue weighted by molar-refractivity contribution is -0.689. The topological polar surface area (TPSA) is 97.9 Å². The minimum absolute atomic E-state index is 0.0988. The number of carbonyl (C=O) groups excluding carboxylic acids is 1. The van der Waals surface area contributed by atoms with Crippen LogP contribution in [0.3, 0.4) is 0 Å². The van der Waals surface area contributed by atoms with Gasteiger partial charge >= 0.3 is 5.95 Å². The van der Waals surface area contributed by atoms with Gasteiger partial charge < -0.3 is 11.1 Å². The highest BCUT2D eigenvalue weighted by Gasteiger charge is 2.27. The largest absolute Gasteiger partial charge is 0.389 e. The number of rotatable bonds is 2. The first-order valence-corrected chi connectivity index (χ1v) is 4.39. The molecule has 0 saturated heterocycles. The standard InChI is InChI=1S/C8H11N5O/c9-1-2-13-6-4-11-7(14)5(6)3-12-8(13)10/h3,10H,1-2,4,9H2,(H,11,14)/p+1. The van der Waals surface area contributed by atoms with Gasteiger partial charge in [-0.25, -0.2) is 4.57 Å². The fourth-order valence-electron chi connectivity index (χ4n) is 1.58. The van der Waals surface area contributed by atoms with Crippen molar-refractivity contribution in [3.05, 3.63) is 17.5 Å². The summed E-state index contributed by atoms with van der Waals surface area (Å²) < 4.78 is 1.77. The lowest BCUT2D eigenvalue weighted by Gasteiger charge is -2.04. The number of nitrogens with zero attached hydrogens (tertiary/aromatic N) is 2. The number of nitrogen functional groups attached to an aromatic ring is 1. The molecule has 0 saturated carbocycles. The lowest BCUT2D eigenvalue weighted by Crippen LogP contribution is -2.45. The summed E-state index contributed by atoms with van der Waals surface area (Å²) in [7, 11) is 0. The third-order valence-corrected chi connectivity index (χ3v) is 2.25. The Hall–Kier alpha value is -1.69. The first-order chi connectivity index (χ1) is 6.74. The van der Waals surface area contributed by atoms with Crippen LogP contribution < -0.4 is 21.4 Å². The van der Waals surface area contributed by atoms with E-state index in [-0.39, 0.29) is 5.91 Å². The number of carbonyl (C=O) groups is 1. The Morgan fingerprint density at radius 3 is 3.14 bits per heavy atom. The van der Waals surface area contributed by atoms with Gasteiger partial charge in [0.25, 0.3) is 5.91 Å². The second kappa shape index (κ2) is 3.22. The molecule has 1 aromatic rings. The fourth-order valence-corrected chi connectivity index (χ4v) is 1.58. The molecule has 0 aromatic carbocycles. The normalized spacial score (nSPS) is 13.9. The Balaban J connectivity index is 2.53. The van der Waals surface area contributed by atoms with Gasteiger partial charge in [-0.05, 0) is 0 Å². The third kappa shape index (κ3) is 1.20. The summed E-state index contributed by atoms with van der Waals surface area (Å²) in [5.74, 6) is 0.295. The van der Waals surface area contributed by atoms with Crippen LogP contribution in [0.4, 0.5) is 5.95 Å². The lowest BCUT2D eigenvalue weighted by atomic mass is 10.2. The van der Waals surface area contributed by atoms with Crippen LogP contribution in [0.1, 0.15) is 16.1 Å². The van der Waals surface area contributed by atoms with Crippen LogP contribution in [-0.4, -0.2) is 17.4 Å². The summed E-state index contributed by atoms with van der Waals surface area (Å²) in [4.78, 5) is 15.2. The van der Waals surface area contributed by atoms with E-state index in [2.05, 4.69) is 10.3 Å². The number of nitrogens with two attached hydrogens (primary N) is 2. The second-order valence-electron chi connectivity index (χ2n) is 3.10. The van der Waals surface area contributed by atoms with Gasteiger partial charge in [-0.2, -0.15) is 0 Å². The third-order valence-electron chi connectivity index (χ3n) is 2.25. The van der Waals surface area contributed by atoms with E-state index >= 15 is 0 Å². The van der Waals surface area contributed by atoms with Crippen molar-refractivity contribution in [1.82, 2.24) is 10.3 Å². The molecular formula is C8H12N5O+. The average Bonchev–Trinajstić information content (AvgIpc) is 2.53. The SMILES string of the molecule is NCC[n+]1c(N)ncc2c1CNC2=O. The van der Waals surface area contributed by atoms with Crippen molar-refractivity contribution in [2.75, 3.05) is 12.3 Å². The predicted molar refractivity (Wildman–Crippen MR) is 49.1 cm³/mol. The molecule has 0 fully saturated rings. The number of nitrogens with one attached hydrogen (secondary N) is 1. The number of anilines is 1. The van der Waals surface area contributed by atoms with Crippen LogP contribution in [0.2, 0.25) is 0 Å².